The zero-order valence-corrected chi connectivity index (χ0v) is 12.3. The molecule has 0 bridgehead atoms. The van der Waals surface area contributed by atoms with E-state index in [9.17, 15) is 0 Å². The van der Waals surface area contributed by atoms with Gasteiger partial charge in [-0.1, -0.05) is 32.0 Å². The van der Waals surface area contributed by atoms with Gasteiger partial charge in [-0.15, -0.1) is 0 Å². The van der Waals surface area contributed by atoms with Crippen LogP contribution in [0.4, 0.5) is 5.82 Å². The van der Waals surface area contributed by atoms with Crippen LogP contribution < -0.4 is 10.1 Å². The van der Waals surface area contributed by atoms with Crippen molar-refractivity contribution >= 4 is 5.82 Å². The van der Waals surface area contributed by atoms with Gasteiger partial charge in [0.2, 0.25) is 0 Å². The highest BCUT2D eigenvalue weighted by Crippen LogP contribution is 2.33. The number of rotatable bonds is 6. The lowest BCUT2D eigenvalue weighted by Crippen LogP contribution is -2.06. The molecule has 1 N–H and O–H groups in total. The van der Waals surface area contributed by atoms with Crippen molar-refractivity contribution < 1.29 is 4.74 Å². The molecule has 20 heavy (non-hydrogen) atoms. The summed E-state index contributed by atoms with van der Waals surface area (Å²) in [5.41, 5.74) is 3.17. The van der Waals surface area contributed by atoms with Gasteiger partial charge >= 0.3 is 0 Å². The van der Waals surface area contributed by atoms with Crippen LogP contribution in [0, 0.1) is 0 Å². The Bertz CT molecular complexity index is 569. The van der Waals surface area contributed by atoms with Crippen LogP contribution in [0.2, 0.25) is 0 Å². The third kappa shape index (κ3) is 3.07. The minimum Gasteiger partial charge on any atom is -0.491 e. The van der Waals surface area contributed by atoms with Crippen LogP contribution in [0.5, 0.6) is 5.75 Å². The van der Waals surface area contributed by atoms with E-state index in [1.165, 1.54) is 5.56 Å². The fraction of sp³-hybridized carbons (Fsp3) is 0.375. The van der Waals surface area contributed by atoms with Gasteiger partial charge in [-0.05, 0) is 24.5 Å². The van der Waals surface area contributed by atoms with Crippen molar-refractivity contribution in [3.05, 3.63) is 36.2 Å². The summed E-state index contributed by atoms with van der Waals surface area (Å²) >= 11 is 0. The molecule has 0 atom stereocenters. The molecule has 4 heteroatoms. The van der Waals surface area contributed by atoms with Gasteiger partial charge in [-0.25, -0.2) is 9.97 Å². The summed E-state index contributed by atoms with van der Waals surface area (Å²) in [5.74, 6) is 1.45. The number of nitrogens with one attached hydrogen (secondary N) is 1. The zero-order valence-electron chi connectivity index (χ0n) is 12.3. The van der Waals surface area contributed by atoms with Crippen molar-refractivity contribution in [2.45, 2.75) is 26.7 Å². The van der Waals surface area contributed by atoms with Crippen LogP contribution in [0.15, 0.2) is 30.6 Å². The van der Waals surface area contributed by atoms with Crippen molar-refractivity contribution in [3.63, 3.8) is 0 Å². The van der Waals surface area contributed by atoms with Crippen molar-refractivity contribution in [3.8, 4) is 17.0 Å². The molecule has 2 rings (SSSR count). The number of hydrogen-bond acceptors (Lipinski definition) is 4. The quantitative estimate of drug-likeness (QED) is 0.873. The predicted molar refractivity (Wildman–Crippen MR) is 82.2 cm³/mol. The van der Waals surface area contributed by atoms with Crippen LogP contribution in [-0.4, -0.2) is 23.6 Å². The summed E-state index contributed by atoms with van der Waals surface area (Å²) in [6.45, 7) is 5.12. The second-order valence-electron chi connectivity index (χ2n) is 4.58. The van der Waals surface area contributed by atoms with E-state index >= 15 is 0 Å². The molecule has 1 aromatic carbocycles. The van der Waals surface area contributed by atoms with E-state index in [0.717, 1.165) is 36.5 Å². The summed E-state index contributed by atoms with van der Waals surface area (Å²) in [6, 6.07) is 8.37. The molecule has 0 spiro atoms. The molecule has 0 amide bonds. The van der Waals surface area contributed by atoms with Gasteiger partial charge in [0, 0.05) is 12.1 Å². The Morgan fingerprint density at radius 3 is 2.75 bits per heavy atom. The Hall–Kier alpha value is -2.10. The van der Waals surface area contributed by atoms with Gasteiger partial charge in [0.25, 0.3) is 0 Å². The highest BCUT2D eigenvalue weighted by atomic mass is 16.5. The minimum absolute atomic E-state index is 0.703. The first kappa shape index (κ1) is 14.3. The topological polar surface area (TPSA) is 47.0 Å². The van der Waals surface area contributed by atoms with E-state index in [0.29, 0.717) is 5.75 Å². The minimum atomic E-state index is 0.703. The van der Waals surface area contributed by atoms with Crippen molar-refractivity contribution in [2.24, 2.45) is 0 Å². The fourth-order valence-electron chi connectivity index (χ4n) is 2.08. The van der Waals surface area contributed by atoms with Gasteiger partial charge < -0.3 is 10.1 Å². The van der Waals surface area contributed by atoms with Crippen LogP contribution >= 0.6 is 0 Å². The summed E-state index contributed by atoms with van der Waals surface area (Å²) in [4.78, 5) is 8.66. The van der Waals surface area contributed by atoms with Gasteiger partial charge in [0.05, 0.1) is 7.11 Å². The van der Waals surface area contributed by atoms with E-state index < -0.39 is 0 Å². The number of nitrogens with zero attached hydrogens (tertiary/aromatic N) is 2. The van der Waals surface area contributed by atoms with Crippen molar-refractivity contribution in [1.82, 2.24) is 9.97 Å². The molecule has 106 valence electrons. The Kier molecular flexibility index (Phi) is 4.93. The van der Waals surface area contributed by atoms with Crippen LogP contribution in [0.3, 0.4) is 0 Å². The third-order valence-electron chi connectivity index (χ3n) is 3.16. The smallest absolute Gasteiger partial charge is 0.187 e. The van der Waals surface area contributed by atoms with Crippen LogP contribution in [0.1, 0.15) is 25.8 Å². The van der Waals surface area contributed by atoms with E-state index in [4.69, 9.17) is 4.74 Å². The molecule has 0 radical (unpaired) electrons. The highest BCUT2D eigenvalue weighted by molar-refractivity contribution is 5.72. The number of ether oxygens (including phenoxy) is 1. The van der Waals surface area contributed by atoms with Gasteiger partial charge in [-0.3, -0.25) is 0 Å². The largest absolute Gasteiger partial charge is 0.491 e. The van der Waals surface area contributed by atoms with E-state index in [2.05, 4.69) is 47.3 Å². The monoisotopic (exact) mass is 271 g/mol. The van der Waals surface area contributed by atoms with Crippen LogP contribution in [-0.2, 0) is 6.42 Å². The summed E-state index contributed by atoms with van der Waals surface area (Å²) < 4.78 is 5.51. The van der Waals surface area contributed by atoms with E-state index in [1.54, 1.807) is 13.4 Å². The molecule has 2 aromatic rings. The van der Waals surface area contributed by atoms with E-state index in [1.807, 2.05) is 6.07 Å². The average Bonchev–Trinajstić information content (AvgIpc) is 2.52. The molecule has 0 saturated carbocycles. The summed E-state index contributed by atoms with van der Waals surface area (Å²) in [7, 11) is 1.66. The van der Waals surface area contributed by atoms with E-state index in [-0.39, 0.29) is 0 Å². The Morgan fingerprint density at radius 2 is 2.05 bits per heavy atom. The number of aromatic nitrogens is 2. The molecule has 0 fully saturated rings. The maximum atomic E-state index is 5.51. The predicted octanol–water partition coefficient (Wildman–Crippen LogP) is 3.54. The van der Waals surface area contributed by atoms with Crippen LogP contribution in [0.25, 0.3) is 11.3 Å². The maximum absolute atomic E-state index is 5.51. The second kappa shape index (κ2) is 6.89. The first-order valence-electron chi connectivity index (χ1n) is 7.02. The molecule has 0 aliphatic heterocycles. The lowest BCUT2D eigenvalue weighted by atomic mass is 10.1. The average molecular weight is 271 g/mol. The molecular weight excluding hydrogens is 250 g/mol. The summed E-state index contributed by atoms with van der Waals surface area (Å²) in [6.07, 6.45) is 3.62. The number of methoxy groups -OCH3 is 1. The van der Waals surface area contributed by atoms with Crippen molar-refractivity contribution in [2.75, 3.05) is 19.0 Å². The number of benzene rings is 1. The summed E-state index contributed by atoms with van der Waals surface area (Å²) in [5, 5.41) is 3.28. The standard InChI is InChI=1S/C16H21N3O/c1-4-9-17-16-15(20-3)14(18-11-19-16)13-8-6-7-12(5-2)10-13/h6-8,10-11H,4-5,9H2,1-3H3,(H,17,18,19). The molecule has 0 saturated heterocycles. The fourth-order valence-corrected chi connectivity index (χ4v) is 2.08. The lowest BCUT2D eigenvalue weighted by Gasteiger charge is -2.13. The molecular formula is C16H21N3O. The molecule has 1 aromatic heterocycles. The Balaban J connectivity index is 2.44. The number of aryl methyl sites for hydroxylation is 1. The molecule has 0 unspecified atom stereocenters. The Morgan fingerprint density at radius 1 is 1.20 bits per heavy atom. The molecule has 0 aliphatic rings. The van der Waals surface area contributed by atoms with Gasteiger partial charge in [-0.2, -0.15) is 0 Å². The van der Waals surface area contributed by atoms with Gasteiger partial charge in [0.15, 0.2) is 11.6 Å². The number of anilines is 1. The Labute approximate surface area is 120 Å². The third-order valence-corrected chi connectivity index (χ3v) is 3.16. The molecule has 4 nitrogen and oxygen atoms in total. The first-order chi connectivity index (χ1) is 9.80. The maximum Gasteiger partial charge on any atom is 0.187 e. The normalized spacial score (nSPS) is 10.3. The van der Waals surface area contributed by atoms with Gasteiger partial charge in [0.1, 0.15) is 12.0 Å². The molecule has 1 heterocycles. The number of hydrogen-bond donors (Lipinski definition) is 1. The lowest BCUT2D eigenvalue weighted by molar-refractivity contribution is 0.414. The first-order valence-corrected chi connectivity index (χ1v) is 7.02. The molecule has 0 aliphatic carbocycles. The van der Waals surface area contributed by atoms with Crippen molar-refractivity contribution in [1.29, 1.82) is 0 Å². The second-order valence-corrected chi connectivity index (χ2v) is 4.58. The zero-order chi connectivity index (χ0) is 14.4. The highest BCUT2D eigenvalue weighted by Gasteiger charge is 2.13. The SMILES string of the molecule is CCCNc1ncnc(-c2cccc(CC)c2)c1OC.